The van der Waals surface area contributed by atoms with Crippen LogP contribution < -0.4 is 14.2 Å². The van der Waals surface area contributed by atoms with Crippen molar-refractivity contribution in [3.8, 4) is 17.2 Å². The number of hydrogen-bond acceptors (Lipinski definition) is 7. The number of nitrogens with one attached hydrogen (secondary N) is 2. The highest BCUT2D eigenvalue weighted by atomic mass is 32.2. The standard InChI is InChI=1S/C20H21N3O5S/c1-26-15-4-7-17-18(10-15)22-9-8-19(17)28-14-2-5-16(6-3-14)29(21,25)23-11-20(24)12-27-13-20/h2-10,24H,11-13H2,1H3,(H2,21,23,25). The van der Waals surface area contributed by atoms with Gasteiger partial charge >= 0.3 is 0 Å². The lowest BCUT2D eigenvalue weighted by Crippen LogP contribution is -2.56. The van der Waals surface area contributed by atoms with Crippen LogP contribution in [-0.4, -0.2) is 46.8 Å². The van der Waals surface area contributed by atoms with Crippen LogP contribution in [0.15, 0.2) is 59.6 Å². The third-order valence-electron chi connectivity index (χ3n) is 4.64. The molecule has 1 unspecified atom stereocenters. The van der Waals surface area contributed by atoms with Crippen LogP contribution in [0.25, 0.3) is 10.9 Å². The molecule has 0 saturated carbocycles. The van der Waals surface area contributed by atoms with Crippen molar-refractivity contribution < 1.29 is 23.5 Å². The van der Waals surface area contributed by atoms with Gasteiger partial charge in [-0.3, -0.25) is 4.98 Å². The molecule has 29 heavy (non-hydrogen) atoms. The lowest BCUT2D eigenvalue weighted by Gasteiger charge is -2.36. The Labute approximate surface area is 168 Å². The first-order valence-electron chi connectivity index (χ1n) is 8.93. The molecule has 0 spiro atoms. The Bertz CT molecular complexity index is 1130. The maximum absolute atomic E-state index is 12.6. The maximum atomic E-state index is 12.6. The van der Waals surface area contributed by atoms with E-state index in [1.54, 1.807) is 43.6 Å². The Morgan fingerprint density at radius 3 is 2.59 bits per heavy atom. The van der Waals surface area contributed by atoms with Gasteiger partial charge in [-0.2, -0.15) is 0 Å². The number of benzene rings is 2. The molecule has 0 bridgehead atoms. The van der Waals surface area contributed by atoms with E-state index in [1.807, 2.05) is 18.2 Å². The molecule has 2 heterocycles. The van der Waals surface area contributed by atoms with Gasteiger partial charge in [0.15, 0.2) is 0 Å². The number of aromatic nitrogens is 1. The molecule has 0 radical (unpaired) electrons. The smallest absolute Gasteiger partial charge is 0.138 e. The quantitative estimate of drug-likeness (QED) is 0.547. The van der Waals surface area contributed by atoms with Crippen LogP contribution in [0, 0.1) is 4.78 Å². The Balaban J connectivity index is 1.50. The SMILES string of the molecule is COc1ccc2c(Oc3ccc(S(=N)(=O)NCC4(O)COC4)cc3)ccnc2c1. The summed E-state index contributed by atoms with van der Waals surface area (Å²) in [6, 6.07) is 13.8. The number of fused-ring (bicyclic) bond motifs is 1. The highest BCUT2D eigenvalue weighted by Crippen LogP contribution is 2.31. The molecule has 1 aliphatic rings. The fourth-order valence-corrected chi connectivity index (χ4v) is 4.06. The van der Waals surface area contributed by atoms with E-state index >= 15 is 0 Å². The normalized spacial score (nSPS) is 17.3. The van der Waals surface area contributed by atoms with Gasteiger partial charge in [0.25, 0.3) is 0 Å². The molecule has 9 heteroatoms. The first-order valence-corrected chi connectivity index (χ1v) is 10.5. The molecule has 1 fully saturated rings. The molecule has 2 aromatic carbocycles. The molecular formula is C20H21N3O5S. The van der Waals surface area contributed by atoms with Crippen molar-refractivity contribution >= 4 is 20.8 Å². The topological polar surface area (TPSA) is 114 Å². The zero-order valence-corrected chi connectivity index (χ0v) is 16.6. The van der Waals surface area contributed by atoms with Crippen molar-refractivity contribution in [1.82, 2.24) is 9.71 Å². The second-order valence-corrected chi connectivity index (χ2v) is 8.73. The fourth-order valence-electron chi connectivity index (χ4n) is 2.90. The first-order chi connectivity index (χ1) is 13.9. The number of hydrogen-bond donors (Lipinski definition) is 3. The van der Waals surface area contributed by atoms with Gasteiger partial charge in [0.1, 0.15) is 32.8 Å². The molecule has 1 aromatic heterocycles. The van der Waals surface area contributed by atoms with E-state index < -0.39 is 15.5 Å². The van der Waals surface area contributed by atoms with Gasteiger partial charge in [0, 0.05) is 24.2 Å². The number of rotatable bonds is 7. The summed E-state index contributed by atoms with van der Waals surface area (Å²) in [4.78, 5) is 4.63. The second kappa shape index (κ2) is 7.60. The van der Waals surface area contributed by atoms with E-state index in [-0.39, 0.29) is 19.8 Å². The molecule has 0 aliphatic carbocycles. The molecule has 0 amide bonds. The van der Waals surface area contributed by atoms with Crippen molar-refractivity contribution in [2.45, 2.75) is 10.5 Å². The van der Waals surface area contributed by atoms with Gasteiger partial charge in [0.2, 0.25) is 0 Å². The summed E-state index contributed by atoms with van der Waals surface area (Å²) in [5, 5.41) is 10.9. The van der Waals surface area contributed by atoms with E-state index in [4.69, 9.17) is 19.0 Å². The van der Waals surface area contributed by atoms with Gasteiger partial charge in [-0.1, -0.05) is 0 Å². The molecule has 152 valence electrons. The third kappa shape index (κ3) is 4.18. The highest BCUT2D eigenvalue weighted by molar-refractivity contribution is 7.90. The molecule has 8 nitrogen and oxygen atoms in total. The van der Waals surface area contributed by atoms with Crippen molar-refractivity contribution in [2.24, 2.45) is 0 Å². The summed E-state index contributed by atoms with van der Waals surface area (Å²) < 4.78 is 39.5. The average molecular weight is 415 g/mol. The van der Waals surface area contributed by atoms with Gasteiger partial charge < -0.3 is 19.3 Å². The summed E-state index contributed by atoms with van der Waals surface area (Å²) in [5.74, 6) is 1.88. The first kappa shape index (κ1) is 19.6. The van der Waals surface area contributed by atoms with E-state index in [9.17, 15) is 9.32 Å². The lowest BCUT2D eigenvalue weighted by atomic mass is 10.0. The minimum Gasteiger partial charge on any atom is -0.497 e. The van der Waals surface area contributed by atoms with Gasteiger partial charge in [-0.05, 0) is 42.5 Å². The monoisotopic (exact) mass is 415 g/mol. The van der Waals surface area contributed by atoms with Crippen LogP contribution in [0.3, 0.4) is 0 Å². The minimum absolute atomic E-state index is 0.0278. The van der Waals surface area contributed by atoms with Crippen LogP contribution in [0.4, 0.5) is 0 Å². The van der Waals surface area contributed by atoms with Crippen LogP contribution in [0.5, 0.6) is 17.2 Å². The Hall–Kier alpha value is -2.72. The molecule has 1 atom stereocenters. The van der Waals surface area contributed by atoms with E-state index in [2.05, 4.69) is 9.71 Å². The predicted octanol–water partition coefficient (Wildman–Crippen LogP) is 2.71. The summed E-state index contributed by atoms with van der Waals surface area (Å²) in [6.45, 7) is 0.377. The van der Waals surface area contributed by atoms with Crippen molar-refractivity contribution in [3.05, 3.63) is 54.7 Å². The molecule has 3 aromatic rings. The second-order valence-electron chi connectivity index (χ2n) is 6.86. The lowest BCUT2D eigenvalue weighted by molar-refractivity contribution is -0.172. The van der Waals surface area contributed by atoms with Crippen molar-refractivity contribution in [3.63, 3.8) is 0 Å². The van der Waals surface area contributed by atoms with E-state index in [0.29, 0.717) is 22.1 Å². The molecule has 1 saturated heterocycles. The molecule has 1 aliphatic heterocycles. The fraction of sp³-hybridized carbons (Fsp3) is 0.250. The number of ether oxygens (including phenoxy) is 3. The number of methoxy groups -OCH3 is 1. The molecular weight excluding hydrogens is 394 g/mol. The van der Waals surface area contributed by atoms with E-state index in [0.717, 1.165) is 10.9 Å². The largest absolute Gasteiger partial charge is 0.497 e. The van der Waals surface area contributed by atoms with Gasteiger partial charge in [0.05, 0.1) is 30.7 Å². The summed E-state index contributed by atoms with van der Waals surface area (Å²) in [6.07, 6.45) is 1.65. The predicted molar refractivity (Wildman–Crippen MR) is 108 cm³/mol. The van der Waals surface area contributed by atoms with Crippen LogP contribution >= 0.6 is 0 Å². The average Bonchev–Trinajstić information content (AvgIpc) is 2.71. The number of aliphatic hydroxyl groups is 1. The zero-order valence-electron chi connectivity index (χ0n) is 15.8. The summed E-state index contributed by atoms with van der Waals surface area (Å²) >= 11 is 0. The van der Waals surface area contributed by atoms with Crippen molar-refractivity contribution in [2.75, 3.05) is 26.9 Å². The van der Waals surface area contributed by atoms with Crippen LogP contribution in [0.1, 0.15) is 0 Å². The summed E-state index contributed by atoms with van der Waals surface area (Å²) in [5.41, 5.74) is -0.313. The Kier molecular flexibility index (Phi) is 5.13. The third-order valence-corrected chi connectivity index (χ3v) is 6.13. The number of nitrogens with zero attached hydrogens (tertiary/aromatic N) is 1. The van der Waals surface area contributed by atoms with Gasteiger partial charge in [-0.25, -0.2) is 13.7 Å². The molecule has 3 N–H and O–H groups in total. The van der Waals surface area contributed by atoms with Crippen molar-refractivity contribution in [1.29, 1.82) is 4.78 Å². The zero-order chi connectivity index (χ0) is 20.5. The number of pyridine rings is 1. The molecule has 4 rings (SSSR count). The Morgan fingerprint density at radius 1 is 1.21 bits per heavy atom. The minimum atomic E-state index is -3.25. The summed E-state index contributed by atoms with van der Waals surface area (Å²) in [7, 11) is -1.65. The van der Waals surface area contributed by atoms with Crippen LogP contribution in [0.2, 0.25) is 0 Å². The Morgan fingerprint density at radius 2 is 1.93 bits per heavy atom. The van der Waals surface area contributed by atoms with Crippen LogP contribution in [-0.2, 0) is 14.7 Å². The maximum Gasteiger partial charge on any atom is 0.138 e. The van der Waals surface area contributed by atoms with Gasteiger partial charge in [-0.15, -0.1) is 0 Å². The van der Waals surface area contributed by atoms with E-state index in [1.165, 1.54) is 0 Å². The highest BCUT2D eigenvalue weighted by Gasteiger charge is 2.36.